The van der Waals surface area contributed by atoms with Crippen LogP contribution in [-0.4, -0.2) is 30.7 Å². The zero-order valence-corrected chi connectivity index (χ0v) is 9.31. The summed E-state index contributed by atoms with van der Waals surface area (Å²) in [5.41, 5.74) is 0. The molecule has 0 aromatic carbocycles. The van der Waals surface area contributed by atoms with Crippen molar-refractivity contribution in [3.05, 3.63) is 0 Å². The standard InChI is InChI=1S/C11H21F2NO/c1-9-3-2-4-10(5-9)6-14-7-11(12,13)8-15/h9-10,14-15H,2-8H2,1H3. The van der Waals surface area contributed by atoms with Crippen molar-refractivity contribution in [1.82, 2.24) is 5.32 Å². The number of nitrogens with one attached hydrogen (secondary N) is 1. The molecule has 2 N–H and O–H groups in total. The summed E-state index contributed by atoms with van der Waals surface area (Å²) in [5.74, 6) is -1.72. The highest BCUT2D eigenvalue weighted by Gasteiger charge is 2.27. The van der Waals surface area contributed by atoms with Crippen LogP contribution in [0.3, 0.4) is 0 Å². The van der Waals surface area contributed by atoms with Gasteiger partial charge in [0.25, 0.3) is 5.92 Å². The molecule has 15 heavy (non-hydrogen) atoms. The number of rotatable bonds is 5. The summed E-state index contributed by atoms with van der Waals surface area (Å²) in [4.78, 5) is 0. The molecular weight excluding hydrogens is 200 g/mol. The molecule has 0 radical (unpaired) electrons. The van der Waals surface area contributed by atoms with Gasteiger partial charge in [0.1, 0.15) is 6.61 Å². The van der Waals surface area contributed by atoms with Crippen molar-refractivity contribution in [3.8, 4) is 0 Å². The fourth-order valence-electron chi connectivity index (χ4n) is 2.26. The maximum Gasteiger partial charge on any atom is 0.282 e. The van der Waals surface area contributed by atoms with E-state index >= 15 is 0 Å². The number of halogens is 2. The zero-order valence-electron chi connectivity index (χ0n) is 9.31. The molecule has 1 aliphatic carbocycles. The molecule has 0 spiro atoms. The highest BCUT2D eigenvalue weighted by atomic mass is 19.3. The molecule has 0 aromatic rings. The summed E-state index contributed by atoms with van der Waals surface area (Å²) in [7, 11) is 0. The SMILES string of the molecule is CC1CCCC(CNCC(F)(F)CO)C1. The van der Waals surface area contributed by atoms with Gasteiger partial charge in [0.05, 0.1) is 6.54 Å². The maximum atomic E-state index is 12.7. The quantitative estimate of drug-likeness (QED) is 0.744. The predicted octanol–water partition coefficient (Wildman–Crippen LogP) is 2.03. The first-order chi connectivity index (χ1) is 7.03. The van der Waals surface area contributed by atoms with Crippen LogP contribution in [0.2, 0.25) is 0 Å². The number of hydrogen-bond donors (Lipinski definition) is 2. The Morgan fingerprint density at radius 1 is 1.40 bits per heavy atom. The van der Waals surface area contributed by atoms with Crippen molar-refractivity contribution in [1.29, 1.82) is 0 Å². The second-order valence-electron chi connectivity index (χ2n) is 4.78. The van der Waals surface area contributed by atoms with E-state index in [0.29, 0.717) is 12.5 Å². The molecule has 1 aliphatic rings. The van der Waals surface area contributed by atoms with E-state index in [9.17, 15) is 8.78 Å². The van der Waals surface area contributed by atoms with Crippen LogP contribution in [0, 0.1) is 11.8 Å². The first kappa shape index (κ1) is 12.8. The van der Waals surface area contributed by atoms with Crippen LogP contribution in [0.1, 0.15) is 32.6 Å². The Kier molecular flexibility index (Phi) is 4.93. The monoisotopic (exact) mass is 221 g/mol. The minimum Gasteiger partial charge on any atom is -0.390 e. The average molecular weight is 221 g/mol. The van der Waals surface area contributed by atoms with Crippen LogP contribution < -0.4 is 5.32 Å². The number of aliphatic hydroxyl groups is 1. The molecule has 90 valence electrons. The van der Waals surface area contributed by atoms with Gasteiger partial charge in [-0.25, -0.2) is 8.78 Å². The van der Waals surface area contributed by atoms with Crippen molar-refractivity contribution in [3.63, 3.8) is 0 Å². The van der Waals surface area contributed by atoms with Crippen molar-refractivity contribution in [2.45, 2.75) is 38.5 Å². The number of alkyl halides is 2. The molecule has 0 aromatic heterocycles. The molecule has 1 fully saturated rings. The molecule has 2 atom stereocenters. The van der Waals surface area contributed by atoms with Gasteiger partial charge in [-0.3, -0.25) is 0 Å². The van der Waals surface area contributed by atoms with E-state index in [0.717, 1.165) is 18.8 Å². The summed E-state index contributed by atoms with van der Waals surface area (Å²) < 4.78 is 25.3. The Hall–Kier alpha value is -0.220. The molecule has 0 aliphatic heterocycles. The second kappa shape index (κ2) is 5.75. The third-order valence-corrected chi connectivity index (χ3v) is 3.09. The fourth-order valence-corrected chi connectivity index (χ4v) is 2.26. The normalized spacial score (nSPS) is 28.0. The molecule has 1 rings (SSSR count). The zero-order chi connectivity index (χ0) is 11.3. The van der Waals surface area contributed by atoms with Gasteiger partial charge in [-0.05, 0) is 31.2 Å². The molecule has 0 saturated heterocycles. The molecule has 0 amide bonds. The van der Waals surface area contributed by atoms with Gasteiger partial charge in [0.15, 0.2) is 0 Å². The number of hydrogen-bond acceptors (Lipinski definition) is 2. The smallest absolute Gasteiger partial charge is 0.282 e. The predicted molar refractivity (Wildman–Crippen MR) is 56.0 cm³/mol. The lowest BCUT2D eigenvalue weighted by Crippen LogP contribution is -2.38. The number of aliphatic hydroxyl groups excluding tert-OH is 1. The Balaban J connectivity index is 2.14. The summed E-state index contributed by atoms with van der Waals surface area (Å²) in [6.07, 6.45) is 4.76. The van der Waals surface area contributed by atoms with Crippen LogP contribution in [-0.2, 0) is 0 Å². The Morgan fingerprint density at radius 2 is 2.13 bits per heavy atom. The summed E-state index contributed by atoms with van der Waals surface area (Å²) >= 11 is 0. The highest BCUT2D eigenvalue weighted by Crippen LogP contribution is 2.28. The van der Waals surface area contributed by atoms with E-state index in [2.05, 4.69) is 12.2 Å². The largest absolute Gasteiger partial charge is 0.390 e. The van der Waals surface area contributed by atoms with Gasteiger partial charge >= 0.3 is 0 Å². The average Bonchev–Trinajstić information content (AvgIpc) is 2.18. The second-order valence-corrected chi connectivity index (χ2v) is 4.78. The summed E-state index contributed by atoms with van der Waals surface area (Å²) in [5, 5.41) is 11.1. The van der Waals surface area contributed by atoms with E-state index in [1.165, 1.54) is 12.8 Å². The van der Waals surface area contributed by atoms with Crippen LogP contribution >= 0.6 is 0 Å². The highest BCUT2D eigenvalue weighted by molar-refractivity contribution is 4.74. The van der Waals surface area contributed by atoms with Gasteiger partial charge in [0, 0.05) is 0 Å². The van der Waals surface area contributed by atoms with Crippen LogP contribution in [0.4, 0.5) is 8.78 Å². The van der Waals surface area contributed by atoms with E-state index in [1.54, 1.807) is 0 Å². The van der Waals surface area contributed by atoms with Gasteiger partial charge in [-0.1, -0.05) is 19.8 Å². The third kappa shape index (κ3) is 4.89. The van der Waals surface area contributed by atoms with E-state index in [-0.39, 0.29) is 0 Å². The summed E-state index contributed by atoms with van der Waals surface area (Å²) in [6.45, 7) is 1.39. The first-order valence-corrected chi connectivity index (χ1v) is 5.73. The third-order valence-electron chi connectivity index (χ3n) is 3.09. The Morgan fingerprint density at radius 3 is 2.73 bits per heavy atom. The minimum absolute atomic E-state index is 0.408. The molecule has 4 heteroatoms. The maximum absolute atomic E-state index is 12.7. The van der Waals surface area contributed by atoms with Gasteiger partial charge in [0.2, 0.25) is 0 Å². The molecule has 0 bridgehead atoms. The van der Waals surface area contributed by atoms with Gasteiger partial charge in [-0.15, -0.1) is 0 Å². The van der Waals surface area contributed by atoms with Crippen LogP contribution in [0.5, 0.6) is 0 Å². The van der Waals surface area contributed by atoms with Crippen LogP contribution in [0.15, 0.2) is 0 Å². The van der Waals surface area contributed by atoms with Crippen molar-refractivity contribution in [2.75, 3.05) is 19.7 Å². The van der Waals surface area contributed by atoms with Crippen molar-refractivity contribution < 1.29 is 13.9 Å². The van der Waals surface area contributed by atoms with Crippen LogP contribution in [0.25, 0.3) is 0 Å². The van der Waals surface area contributed by atoms with E-state index < -0.39 is 19.1 Å². The van der Waals surface area contributed by atoms with Crippen molar-refractivity contribution >= 4 is 0 Å². The Bertz CT molecular complexity index is 187. The van der Waals surface area contributed by atoms with E-state index in [4.69, 9.17) is 5.11 Å². The summed E-state index contributed by atoms with van der Waals surface area (Å²) in [6, 6.07) is 0. The molecule has 0 heterocycles. The molecule has 2 nitrogen and oxygen atoms in total. The lowest BCUT2D eigenvalue weighted by molar-refractivity contribution is -0.0482. The first-order valence-electron chi connectivity index (χ1n) is 5.73. The van der Waals surface area contributed by atoms with Crippen molar-refractivity contribution in [2.24, 2.45) is 11.8 Å². The topological polar surface area (TPSA) is 32.3 Å². The minimum atomic E-state index is -2.97. The van der Waals surface area contributed by atoms with Gasteiger partial charge < -0.3 is 10.4 Å². The molecular formula is C11H21F2NO. The lowest BCUT2D eigenvalue weighted by Gasteiger charge is -2.27. The van der Waals surface area contributed by atoms with Gasteiger partial charge in [-0.2, -0.15) is 0 Å². The Labute approximate surface area is 90.1 Å². The lowest BCUT2D eigenvalue weighted by atomic mass is 9.82. The molecule has 2 unspecified atom stereocenters. The fraction of sp³-hybridized carbons (Fsp3) is 1.00. The van der Waals surface area contributed by atoms with E-state index in [1.807, 2.05) is 0 Å². The molecule has 1 saturated carbocycles.